The van der Waals surface area contributed by atoms with Crippen molar-refractivity contribution >= 4 is 11.8 Å². The van der Waals surface area contributed by atoms with Crippen molar-refractivity contribution in [1.29, 1.82) is 0 Å². The topological polar surface area (TPSA) is 24.9 Å². The summed E-state index contributed by atoms with van der Waals surface area (Å²) in [6.07, 6.45) is 4.27. The third kappa shape index (κ3) is 3.33. The normalized spacial score (nSPS) is 14.6. The van der Waals surface area contributed by atoms with E-state index in [1.54, 1.807) is 18.3 Å². The second-order valence-electron chi connectivity index (χ2n) is 4.66. The summed E-state index contributed by atoms with van der Waals surface area (Å²) in [5.74, 6) is -0.195. The van der Waals surface area contributed by atoms with Gasteiger partial charge in [0.25, 0.3) is 0 Å². The van der Waals surface area contributed by atoms with Gasteiger partial charge in [-0.3, -0.25) is 0 Å². The van der Waals surface area contributed by atoms with Crippen LogP contribution < -0.4 is 5.32 Å². The first-order valence-corrected chi connectivity index (χ1v) is 7.24. The lowest BCUT2D eigenvalue weighted by molar-refractivity contribution is 0.601. The van der Waals surface area contributed by atoms with Crippen LogP contribution in [0.15, 0.2) is 52.5 Å². The summed E-state index contributed by atoms with van der Waals surface area (Å²) in [6, 6.07) is 11.4. The molecule has 0 radical (unpaired) electrons. The molecule has 0 atom stereocenters. The van der Waals surface area contributed by atoms with Gasteiger partial charge in [0.15, 0.2) is 0 Å². The summed E-state index contributed by atoms with van der Waals surface area (Å²) in [6.45, 7) is 0.801. The van der Waals surface area contributed by atoms with Crippen LogP contribution in [0, 0.1) is 5.82 Å². The lowest BCUT2D eigenvalue weighted by Crippen LogP contribution is -2.16. The van der Waals surface area contributed by atoms with Gasteiger partial charge in [0.2, 0.25) is 0 Å². The molecule has 0 amide bonds. The number of hydrogen-bond acceptors (Lipinski definition) is 3. The molecule has 1 aliphatic rings. The zero-order valence-corrected chi connectivity index (χ0v) is 11.3. The molecule has 1 fully saturated rings. The fraction of sp³-hybridized carbons (Fsp3) is 0.267. The molecule has 0 bridgehead atoms. The number of aromatic nitrogens is 1. The molecule has 2 aromatic rings. The molecule has 1 aromatic heterocycles. The molecular weight excluding hydrogens is 259 g/mol. The van der Waals surface area contributed by atoms with E-state index in [1.807, 2.05) is 18.2 Å². The molecule has 4 heteroatoms. The molecule has 1 aliphatic carbocycles. The molecule has 19 heavy (non-hydrogen) atoms. The van der Waals surface area contributed by atoms with E-state index in [2.05, 4.69) is 10.3 Å². The number of rotatable bonds is 5. The van der Waals surface area contributed by atoms with E-state index < -0.39 is 0 Å². The van der Waals surface area contributed by atoms with Crippen molar-refractivity contribution in [2.24, 2.45) is 0 Å². The summed E-state index contributed by atoms with van der Waals surface area (Å²) in [5.41, 5.74) is 1.13. The molecule has 1 saturated carbocycles. The van der Waals surface area contributed by atoms with E-state index in [4.69, 9.17) is 0 Å². The maximum absolute atomic E-state index is 13.7. The van der Waals surface area contributed by atoms with Crippen molar-refractivity contribution in [1.82, 2.24) is 10.3 Å². The molecule has 1 aromatic carbocycles. The molecule has 0 saturated heterocycles. The van der Waals surface area contributed by atoms with Gasteiger partial charge in [-0.2, -0.15) is 0 Å². The highest BCUT2D eigenvalue weighted by atomic mass is 32.2. The van der Waals surface area contributed by atoms with Gasteiger partial charge in [0.05, 0.1) is 0 Å². The van der Waals surface area contributed by atoms with E-state index in [9.17, 15) is 4.39 Å². The fourth-order valence-corrected chi connectivity index (χ4v) is 2.73. The van der Waals surface area contributed by atoms with E-state index in [-0.39, 0.29) is 5.82 Å². The molecule has 98 valence electrons. The highest BCUT2D eigenvalue weighted by Crippen LogP contribution is 2.30. The molecule has 0 aliphatic heterocycles. The first-order chi connectivity index (χ1) is 9.33. The standard InChI is InChI=1S/C15H15FN2S/c16-13-5-1-2-6-14(13)19-15-11(4-3-9-17-15)10-18-12-7-8-12/h1-6,9,12,18H,7-8,10H2. The SMILES string of the molecule is Fc1ccccc1Sc1ncccc1CNC1CC1. The number of halogens is 1. The third-order valence-corrected chi connectivity index (χ3v) is 4.16. The molecule has 3 rings (SSSR count). The van der Waals surface area contributed by atoms with Crippen molar-refractivity contribution in [2.75, 3.05) is 0 Å². The Morgan fingerprint density at radius 3 is 2.84 bits per heavy atom. The first-order valence-electron chi connectivity index (χ1n) is 6.42. The Labute approximate surface area is 116 Å². The summed E-state index contributed by atoms with van der Waals surface area (Å²) in [7, 11) is 0. The van der Waals surface area contributed by atoms with Crippen LogP contribution in [0.4, 0.5) is 4.39 Å². The predicted octanol–water partition coefficient (Wildman–Crippen LogP) is 3.62. The van der Waals surface area contributed by atoms with Crippen LogP contribution in [0.25, 0.3) is 0 Å². The van der Waals surface area contributed by atoms with Crippen LogP contribution >= 0.6 is 11.8 Å². The first kappa shape index (κ1) is 12.6. The lowest BCUT2D eigenvalue weighted by atomic mass is 10.3. The summed E-state index contributed by atoms with van der Waals surface area (Å²) in [5, 5.41) is 4.34. The molecule has 1 heterocycles. The fourth-order valence-electron chi connectivity index (χ4n) is 1.82. The van der Waals surface area contributed by atoms with Gasteiger partial charge in [-0.15, -0.1) is 0 Å². The van der Waals surface area contributed by atoms with Gasteiger partial charge in [-0.05, 0) is 36.6 Å². The van der Waals surface area contributed by atoms with Gasteiger partial charge in [0, 0.05) is 23.7 Å². The van der Waals surface area contributed by atoms with Crippen molar-refractivity contribution in [2.45, 2.75) is 35.3 Å². The Hall–Kier alpha value is -1.39. The number of hydrogen-bond donors (Lipinski definition) is 1. The Bertz CT molecular complexity index is 570. The summed E-state index contributed by atoms with van der Waals surface area (Å²) >= 11 is 1.39. The van der Waals surface area contributed by atoms with Crippen molar-refractivity contribution in [3.05, 3.63) is 54.0 Å². The van der Waals surface area contributed by atoms with E-state index in [0.717, 1.165) is 17.1 Å². The van der Waals surface area contributed by atoms with Gasteiger partial charge in [-0.1, -0.05) is 30.0 Å². The smallest absolute Gasteiger partial charge is 0.137 e. The highest BCUT2D eigenvalue weighted by molar-refractivity contribution is 7.99. The third-order valence-electron chi connectivity index (χ3n) is 3.05. The van der Waals surface area contributed by atoms with E-state index in [1.165, 1.54) is 30.7 Å². The minimum absolute atomic E-state index is 0.195. The van der Waals surface area contributed by atoms with Gasteiger partial charge < -0.3 is 5.32 Å². The molecule has 1 N–H and O–H groups in total. The van der Waals surface area contributed by atoms with Crippen molar-refractivity contribution < 1.29 is 4.39 Å². The Kier molecular flexibility index (Phi) is 3.80. The number of benzene rings is 1. The number of pyridine rings is 1. The van der Waals surface area contributed by atoms with Crippen LogP contribution in [0.3, 0.4) is 0 Å². The second-order valence-corrected chi connectivity index (χ2v) is 5.69. The number of nitrogens with zero attached hydrogens (tertiary/aromatic N) is 1. The van der Waals surface area contributed by atoms with Gasteiger partial charge in [-0.25, -0.2) is 9.37 Å². The Morgan fingerprint density at radius 1 is 1.21 bits per heavy atom. The highest BCUT2D eigenvalue weighted by Gasteiger charge is 2.20. The maximum Gasteiger partial charge on any atom is 0.137 e. The minimum Gasteiger partial charge on any atom is -0.310 e. The Morgan fingerprint density at radius 2 is 2.05 bits per heavy atom. The number of nitrogens with one attached hydrogen (secondary N) is 1. The van der Waals surface area contributed by atoms with Gasteiger partial charge in [0.1, 0.15) is 10.8 Å². The molecular formula is C15H15FN2S. The van der Waals surface area contributed by atoms with Crippen molar-refractivity contribution in [3.8, 4) is 0 Å². The zero-order chi connectivity index (χ0) is 13.1. The van der Waals surface area contributed by atoms with Gasteiger partial charge >= 0.3 is 0 Å². The lowest BCUT2D eigenvalue weighted by Gasteiger charge is -2.09. The average molecular weight is 274 g/mol. The maximum atomic E-state index is 13.7. The van der Waals surface area contributed by atoms with Crippen molar-refractivity contribution in [3.63, 3.8) is 0 Å². The minimum atomic E-state index is -0.195. The Balaban J connectivity index is 1.77. The van der Waals surface area contributed by atoms with Crippen LogP contribution in [0.2, 0.25) is 0 Å². The molecule has 0 spiro atoms. The molecule has 2 nitrogen and oxygen atoms in total. The van der Waals surface area contributed by atoms with Crippen LogP contribution in [-0.4, -0.2) is 11.0 Å². The van der Waals surface area contributed by atoms with Crippen LogP contribution in [0.1, 0.15) is 18.4 Å². The van der Waals surface area contributed by atoms with E-state index >= 15 is 0 Å². The quantitative estimate of drug-likeness (QED) is 0.901. The monoisotopic (exact) mass is 274 g/mol. The second kappa shape index (κ2) is 5.72. The van der Waals surface area contributed by atoms with Crippen LogP contribution in [0.5, 0.6) is 0 Å². The van der Waals surface area contributed by atoms with Crippen LogP contribution in [-0.2, 0) is 6.54 Å². The molecule has 0 unspecified atom stereocenters. The zero-order valence-electron chi connectivity index (χ0n) is 10.5. The predicted molar refractivity (Wildman–Crippen MR) is 74.6 cm³/mol. The summed E-state index contributed by atoms with van der Waals surface area (Å²) < 4.78 is 13.7. The summed E-state index contributed by atoms with van der Waals surface area (Å²) in [4.78, 5) is 4.99. The van der Waals surface area contributed by atoms with E-state index in [0.29, 0.717) is 10.9 Å². The largest absolute Gasteiger partial charge is 0.310 e. The average Bonchev–Trinajstić information content (AvgIpc) is 3.24.